The summed E-state index contributed by atoms with van der Waals surface area (Å²) in [5, 5.41) is 14.4. The Kier molecular flexibility index (Phi) is 2.93. The van der Waals surface area contributed by atoms with Gasteiger partial charge in [-0.2, -0.15) is 4.98 Å². The molecule has 1 aliphatic rings. The number of esters is 1. The molecule has 1 aromatic heterocycles. The number of carbonyl (C=O) groups is 1. The average Bonchev–Trinajstić information content (AvgIpc) is 3.17. The predicted octanol–water partition coefficient (Wildman–Crippen LogP) is 1.85. The number of nitrogens with zero attached hydrogens (tertiary/aromatic N) is 3. The molecule has 1 saturated carbocycles. The lowest BCUT2D eigenvalue weighted by atomic mass is 10.1. The van der Waals surface area contributed by atoms with Crippen LogP contribution in [0.1, 0.15) is 18.7 Å². The third kappa shape index (κ3) is 2.14. The highest BCUT2D eigenvalue weighted by Gasteiger charge is 2.57. The maximum Gasteiger partial charge on any atom is 0.321 e. The molecule has 108 valence electrons. The highest BCUT2D eigenvalue weighted by atomic mass is 16.6. The monoisotopic (exact) mass is 289 g/mol. The Morgan fingerprint density at radius 3 is 2.57 bits per heavy atom. The van der Waals surface area contributed by atoms with Crippen LogP contribution >= 0.6 is 0 Å². The molecule has 0 radical (unpaired) electrons. The van der Waals surface area contributed by atoms with Crippen LogP contribution in [0, 0.1) is 10.1 Å². The molecule has 3 rings (SSSR count). The van der Waals surface area contributed by atoms with Gasteiger partial charge in [-0.3, -0.25) is 14.9 Å². The molecule has 8 nitrogen and oxygen atoms in total. The van der Waals surface area contributed by atoms with E-state index in [9.17, 15) is 14.9 Å². The molecule has 0 bridgehead atoms. The summed E-state index contributed by atoms with van der Waals surface area (Å²) in [5.74, 6) is 0.124. The number of ether oxygens (including phenoxy) is 1. The minimum Gasteiger partial charge on any atom is -0.468 e. The molecule has 0 spiro atoms. The van der Waals surface area contributed by atoms with Crippen LogP contribution in [0.15, 0.2) is 28.8 Å². The lowest BCUT2D eigenvalue weighted by Crippen LogP contribution is -2.22. The maximum atomic E-state index is 11.7. The van der Waals surface area contributed by atoms with Crippen molar-refractivity contribution in [1.82, 2.24) is 10.1 Å². The topological polar surface area (TPSA) is 108 Å². The van der Waals surface area contributed by atoms with Crippen LogP contribution < -0.4 is 0 Å². The van der Waals surface area contributed by atoms with Crippen molar-refractivity contribution >= 4 is 11.7 Å². The van der Waals surface area contributed by atoms with Crippen LogP contribution in [0.3, 0.4) is 0 Å². The Balaban J connectivity index is 1.88. The summed E-state index contributed by atoms with van der Waals surface area (Å²) in [7, 11) is 1.32. The van der Waals surface area contributed by atoms with Gasteiger partial charge in [-0.25, -0.2) is 0 Å². The van der Waals surface area contributed by atoms with E-state index >= 15 is 0 Å². The standard InChI is InChI=1S/C13H11N3O5/c1-20-12(17)13(6-7-13)11-14-10(15-21-11)8-2-4-9(5-3-8)16(18)19/h2-5H,6-7H2,1H3. The number of nitro benzene ring substituents is 1. The van der Waals surface area contributed by atoms with Gasteiger partial charge in [0.15, 0.2) is 0 Å². The van der Waals surface area contributed by atoms with Gasteiger partial charge in [-0.05, 0) is 25.0 Å². The van der Waals surface area contributed by atoms with Crippen molar-refractivity contribution in [1.29, 1.82) is 0 Å². The number of aromatic nitrogens is 2. The zero-order valence-corrected chi connectivity index (χ0v) is 11.1. The van der Waals surface area contributed by atoms with Crippen LogP contribution in [-0.4, -0.2) is 28.1 Å². The first kappa shape index (κ1) is 13.2. The molecule has 0 atom stereocenters. The smallest absolute Gasteiger partial charge is 0.321 e. The van der Waals surface area contributed by atoms with Gasteiger partial charge in [-0.1, -0.05) is 5.16 Å². The van der Waals surface area contributed by atoms with Crippen molar-refractivity contribution in [3.63, 3.8) is 0 Å². The minimum absolute atomic E-state index is 0.0179. The van der Waals surface area contributed by atoms with Gasteiger partial charge in [0.25, 0.3) is 5.69 Å². The molecule has 8 heteroatoms. The van der Waals surface area contributed by atoms with E-state index in [1.54, 1.807) is 0 Å². The van der Waals surface area contributed by atoms with Crippen molar-refractivity contribution in [2.24, 2.45) is 0 Å². The van der Waals surface area contributed by atoms with Crippen molar-refractivity contribution in [3.05, 3.63) is 40.3 Å². The number of carbonyl (C=O) groups excluding carboxylic acids is 1. The van der Waals surface area contributed by atoms with Gasteiger partial charge >= 0.3 is 5.97 Å². The molecular weight excluding hydrogens is 278 g/mol. The summed E-state index contributed by atoms with van der Waals surface area (Å²) in [4.78, 5) is 26.1. The van der Waals surface area contributed by atoms with E-state index < -0.39 is 10.3 Å². The summed E-state index contributed by atoms with van der Waals surface area (Å²) >= 11 is 0. The second-order valence-corrected chi connectivity index (χ2v) is 4.80. The Morgan fingerprint density at radius 1 is 1.38 bits per heavy atom. The van der Waals surface area contributed by atoms with Crippen LogP contribution in [0.5, 0.6) is 0 Å². The zero-order valence-electron chi connectivity index (χ0n) is 11.1. The highest BCUT2D eigenvalue weighted by Crippen LogP contribution is 2.48. The molecule has 1 aromatic carbocycles. The Hall–Kier alpha value is -2.77. The van der Waals surface area contributed by atoms with E-state index in [1.807, 2.05) is 0 Å². The Labute approximate surface area is 118 Å². The van der Waals surface area contributed by atoms with E-state index in [2.05, 4.69) is 10.1 Å². The molecular formula is C13H11N3O5. The Bertz CT molecular complexity index is 703. The van der Waals surface area contributed by atoms with E-state index in [0.717, 1.165) is 0 Å². The van der Waals surface area contributed by atoms with Gasteiger partial charge in [0.1, 0.15) is 5.41 Å². The third-order valence-corrected chi connectivity index (χ3v) is 3.50. The number of hydrogen-bond donors (Lipinski definition) is 0. The lowest BCUT2D eigenvalue weighted by Gasteiger charge is -2.05. The van der Waals surface area contributed by atoms with Crippen molar-refractivity contribution in [2.75, 3.05) is 7.11 Å². The van der Waals surface area contributed by atoms with Gasteiger partial charge in [-0.15, -0.1) is 0 Å². The molecule has 1 fully saturated rings. The molecule has 0 saturated heterocycles. The molecule has 0 N–H and O–H groups in total. The first-order valence-corrected chi connectivity index (χ1v) is 6.24. The summed E-state index contributed by atoms with van der Waals surface area (Å²) in [6, 6.07) is 5.78. The molecule has 0 aliphatic heterocycles. The summed E-state index contributed by atoms with van der Waals surface area (Å²) in [6.07, 6.45) is 1.23. The average molecular weight is 289 g/mol. The lowest BCUT2D eigenvalue weighted by molar-refractivity contribution is -0.384. The zero-order chi connectivity index (χ0) is 15.0. The predicted molar refractivity (Wildman–Crippen MR) is 69.3 cm³/mol. The second kappa shape index (κ2) is 4.65. The summed E-state index contributed by atoms with van der Waals surface area (Å²) in [5.41, 5.74) is -0.257. The number of methoxy groups -OCH3 is 1. The summed E-state index contributed by atoms with van der Waals surface area (Å²) < 4.78 is 9.90. The fourth-order valence-electron chi connectivity index (χ4n) is 2.09. The van der Waals surface area contributed by atoms with Crippen LogP contribution in [0.2, 0.25) is 0 Å². The van der Waals surface area contributed by atoms with Gasteiger partial charge in [0.05, 0.1) is 12.0 Å². The summed E-state index contributed by atoms with van der Waals surface area (Å²) in [6.45, 7) is 0. The van der Waals surface area contributed by atoms with Crippen LogP contribution in [0.4, 0.5) is 5.69 Å². The van der Waals surface area contributed by atoms with E-state index in [0.29, 0.717) is 18.4 Å². The molecule has 21 heavy (non-hydrogen) atoms. The van der Waals surface area contributed by atoms with Gasteiger partial charge in [0.2, 0.25) is 11.7 Å². The van der Waals surface area contributed by atoms with E-state index in [4.69, 9.17) is 9.26 Å². The molecule has 1 aliphatic carbocycles. The number of nitro groups is 1. The molecule has 2 aromatic rings. The van der Waals surface area contributed by atoms with Crippen molar-refractivity contribution in [2.45, 2.75) is 18.3 Å². The first-order chi connectivity index (χ1) is 10.1. The third-order valence-electron chi connectivity index (χ3n) is 3.50. The van der Waals surface area contributed by atoms with Crippen molar-refractivity contribution < 1.29 is 19.0 Å². The number of benzene rings is 1. The fourth-order valence-corrected chi connectivity index (χ4v) is 2.09. The van der Waals surface area contributed by atoms with E-state index in [-0.39, 0.29) is 23.4 Å². The van der Waals surface area contributed by atoms with Crippen molar-refractivity contribution in [3.8, 4) is 11.4 Å². The maximum absolute atomic E-state index is 11.7. The minimum atomic E-state index is -0.819. The molecule has 0 unspecified atom stereocenters. The Morgan fingerprint density at radius 2 is 2.05 bits per heavy atom. The molecule has 0 amide bonds. The van der Waals surface area contributed by atoms with Crippen LogP contribution in [0.25, 0.3) is 11.4 Å². The first-order valence-electron chi connectivity index (χ1n) is 6.24. The van der Waals surface area contributed by atoms with Gasteiger partial charge in [0, 0.05) is 17.7 Å². The second-order valence-electron chi connectivity index (χ2n) is 4.80. The SMILES string of the molecule is COC(=O)C1(c2nc(-c3ccc([N+](=O)[O-])cc3)no2)CC1. The fraction of sp³-hybridized carbons (Fsp3) is 0.308. The van der Waals surface area contributed by atoms with E-state index in [1.165, 1.54) is 31.4 Å². The quantitative estimate of drug-likeness (QED) is 0.480. The van der Waals surface area contributed by atoms with Crippen LogP contribution in [-0.2, 0) is 14.9 Å². The van der Waals surface area contributed by atoms with Gasteiger partial charge < -0.3 is 9.26 Å². The molecule has 1 heterocycles. The highest BCUT2D eigenvalue weighted by molar-refractivity contribution is 5.85. The largest absolute Gasteiger partial charge is 0.468 e. The number of rotatable bonds is 4. The number of hydrogen-bond acceptors (Lipinski definition) is 7. The number of non-ortho nitro benzene ring substituents is 1. The normalized spacial score (nSPS) is 15.5.